The zero-order valence-corrected chi connectivity index (χ0v) is 27.7. The molecule has 0 spiro atoms. The number of hydrogen-bond acceptors (Lipinski definition) is 9. The third kappa shape index (κ3) is 7.94. The lowest BCUT2D eigenvalue weighted by atomic mass is 10.0. The molecule has 0 N–H and O–H groups in total. The summed E-state index contributed by atoms with van der Waals surface area (Å²) in [6.07, 6.45) is 11.1. The van der Waals surface area contributed by atoms with E-state index in [1.54, 1.807) is 16.2 Å². The largest absolute Gasteiger partial charge is 0.467 e. The Hall–Kier alpha value is -3.09. The van der Waals surface area contributed by atoms with Crippen LogP contribution in [0, 0.1) is 0 Å². The predicted octanol–water partition coefficient (Wildman–Crippen LogP) is 5.15. The van der Waals surface area contributed by atoms with Crippen LogP contribution in [0.15, 0.2) is 36.7 Å². The summed E-state index contributed by atoms with van der Waals surface area (Å²) in [6.45, 7) is 9.82. The molecule has 12 heteroatoms. The highest BCUT2D eigenvalue weighted by Gasteiger charge is 2.26. The van der Waals surface area contributed by atoms with Crippen LogP contribution in [0.3, 0.4) is 0 Å². The second-order valence-corrected chi connectivity index (χ2v) is 14.5. The number of carbonyl (C=O) groups excluding carboxylic acids is 1. The summed E-state index contributed by atoms with van der Waals surface area (Å²) in [6, 6.07) is 6.22. The van der Waals surface area contributed by atoms with Gasteiger partial charge in [-0.1, -0.05) is 36.8 Å². The van der Waals surface area contributed by atoms with E-state index in [4.69, 9.17) is 9.72 Å². The van der Waals surface area contributed by atoms with E-state index >= 15 is 0 Å². The fourth-order valence-electron chi connectivity index (χ4n) is 5.83. The van der Waals surface area contributed by atoms with E-state index < -0.39 is 10.0 Å². The first-order valence-corrected chi connectivity index (χ1v) is 18.3. The zero-order valence-electron chi connectivity index (χ0n) is 26.1. The van der Waals surface area contributed by atoms with Gasteiger partial charge in [-0.05, 0) is 61.9 Å². The van der Waals surface area contributed by atoms with Gasteiger partial charge in [0, 0.05) is 70.9 Å². The SMILES string of the molecule is CCCc1cnc(N2CCC(Oc3nc4ccc(C5=CCN(S(=O)(=O)CCCC(=O)N(CC)CC)CC5)cc4s3)CC2)nc1. The Morgan fingerprint density at radius 3 is 2.50 bits per heavy atom. The molecule has 238 valence electrons. The number of aromatic nitrogens is 3. The maximum atomic E-state index is 12.9. The third-order valence-electron chi connectivity index (χ3n) is 8.44. The van der Waals surface area contributed by atoms with Gasteiger partial charge in [0.25, 0.3) is 5.19 Å². The normalized spacial score (nSPS) is 16.7. The molecule has 4 heterocycles. The molecule has 0 radical (unpaired) electrons. The molecule has 2 aromatic heterocycles. The number of aryl methyl sites for hydroxylation is 1. The van der Waals surface area contributed by atoms with Gasteiger partial charge in [0.2, 0.25) is 21.9 Å². The standard InChI is InChI=1S/C32H44N6O4S2/c1-4-8-24-22-33-31(34-23-24)37-16-14-27(15-17-37)42-32-35-28-11-10-26(21-29(28)43-32)25-12-18-38(19-13-25)44(40,41)20-7-9-30(39)36(5-2)6-3/h10-12,21-23,27H,4-9,13-20H2,1-3H3. The van der Waals surface area contributed by atoms with Gasteiger partial charge in [-0.25, -0.2) is 23.4 Å². The van der Waals surface area contributed by atoms with Crippen LogP contribution in [-0.2, 0) is 21.2 Å². The number of benzene rings is 1. The Kier molecular flexibility index (Phi) is 10.9. The molecular weight excluding hydrogens is 597 g/mol. The molecule has 0 aliphatic carbocycles. The molecule has 2 aliphatic heterocycles. The predicted molar refractivity (Wildman–Crippen MR) is 177 cm³/mol. The summed E-state index contributed by atoms with van der Waals surface area (Å²) in [5.74, 6) is 0.802. The molecule has 3 aromatic rings. The summed E-state index contributed by atoms with van der Waals surface area (Å²) in [7, 11) is -3.41. The maximum Gasteiger partial charge on any atom is 0.274 e. The Bertz CT molecular complexity index is 1540. The number of fused-ring (bicyclic) bond motifs is 1. The van der Waals surface area contributed by atoms with E-state index in [1.807, 2.05) is 38.4 Å². The Morgan fingerprint density at radius 2 is 1.84 bits per heavy atom. The highest BCUT2D eigenvalue weighted by atomic mass is 32.2. The van der Waals surface area contributed by atoms with Crippen molar-refractivity contribution in [2.75, 3.05) is 49.9 Å². The number of piperidine rings is 1. The monoisotopic (exact) mass is 640 g/mol. The Balaban J connectivity index is 1.13. The van der Waals surface area contributed by atoms with Crippen LogP contribution in [0.4, 0.5) is 5.95 Å². The van der Waals surface area contributed by atoms with Crippen molar-refractivity contribution in [2.24, 2.45) is 0 Å². The number of rotatable bonds is 13. The van der Waals surface area contributed by atoms with E-state index in [9.17, 15) is 13.2 Å². The minimum Gasteiger partial charge on any atom is -0.467 e. The fraction of sp³-hybridized carbons (Fsp3) is 0.562. The topological polar surface area (TPSA) is 109 Å². The molecule has 0 atom stereocenters. The lowest BCUT2D eigenvalue weighted by molar-refractivity contribution is -0.130. The molecule has 1 amide bonds. The maximum absolute atomic E-state index is 12.9. The van der Waals surface area contributed by atoms with E-state index in [-0.39, 0.29) is 24.2 Å². The van der Waals surface area contributed by atoms with Gasteiger partial charge in [-0.15, -0.1) is 0 Å². The van der Waals surface area contributed by atoms with Crippen LogP contribution >= 0.6 is 11.3 Å². The third-order valence-corrected chi connectivity index (χ3v) is 11.3. The van der Waals surface area contributed by atoms with Crippen LogP contribution in [0.5, 0.6) is 5.19 Å². The second-order valence-electron chi connectivity index (χ2n) is 11.4. The number of anilines is 1. The lowest BCUT2D eigenvalue weighted by Crippen LogP contribution is -2.39. The van der Waals surface area contributed by atoms with Crippen molar-refractivity contribution in [1.82, 2.24) is 24.2 Å². The molecule has 44 heavy (non-hydrogen) atoms. The number of thiazole rings is 1. The highest BCUT2D eigenvalue weighted by molar-refractivity contribution is 7.89. The first kappa shape index (κ1) is 32.3. The van der Waals surface area contributed by atoms with Crippen molar-refractivity contribution in [3.05, 3.63) is 47.8 Å². The molecule has 1 saturated heterocycles. The van der Waals surface area contributed by atoms with Crippen LogP contribution in [0.2, 0.25) is 0 Å². The molecular formula is C32H44N6O4S2. The highest BCUT2D eigenvalue weighted by Crippen LogP contribution is 2.33. The van der Waals surface area contributed by atoms with Crippen molar-refractivity contribution >= 4 is 49.0 Å². The van der Waals surface area contributed by atoms with Crippen molar-refractivity contribution in [3.8, 4) is 5.19 Å². The Morgan fingerprint density at radius 1 is 1.09 bits per heavy atom. The molecule has 1 aromatic carbocycles. The van der Waals surface area contributed by atoms with E-state index in [0.29, 0.717) is 44.2 Å². The first-order chi connectivity index (χ1) is 21.3. The van der Waals surface area contributed by atoms with Gasteiger partial charge in [-0.2, -0.15) is 4.31 Å². The summed E-state index contributed by atoms with van der Waals surface area (Å²) in [5.41, 5.74) is 4.32. The van der Waals surface area contributed by atoms with E-state index in [2.05, 4.69) is 33.9 Å². The van der Waals surface area contributed by atoms with Crippen LogP contribution in [0.1, 0.15) is 70.4 Å². The van der Waals surface area contributed by atoms with E-state index in [1.165, 1.54) is 9.87 Å². The average Bonchev–Trinajstić information content (AvgIpc) is 3.44. The van der Waals surface area contributed by atoms with Crippen molar-refractivity contribution < 1.29 is 17.9 Å². The molecule has 0 unspecified atom stereocenters. The number of hydrogen-bond donors (Lipinski definition) is 0. The quantitative estimate of drug-likeness (QED) is 0.252. The van der Waals surface area contributed by atoms with Crippen LogP contribution in [-0.4, -0.2) is 89.6 Å². The minimum absolute atomic E-state index is 0.00225. The average molecular weight is 641 g/mol. The van der Waals surface area contributed by atoms with Crippen LogP contribution < -0.4 is 9.64 Å². The minimum atomic E-state index is -3.41. The number of amides is 1. The summed E-state index contributed by atoms with van der Waals surface area (Å²) < 4.78 is 34.8. The molecule has 10 nitrogen and oxygen atoms in total. The van der Waals surface area contributed by atoms with Gasteiger partial charge >= 0.3 is 0 Å². The van der Waals surface area contributed by atoms with E-state index in [0.717, 1.165) is 66.1 Å². The second kappa shape index (κ2) is 14.8. The smallest absolute Gasteiger partial charge is 0.274 e. The molecule has 5 rings (SSSR count). The first-order valence-electron chi connectivity index (χ1n) is 15.9. The zero-order chi connectivity index (χ0) is 31.1. The molecule has 0 saturated carbocycles. The van der Waals surface area contributed by atoms with Crippen molar-refractivity contribution in [1.29, 1.82) is 0 Å². The van der Waals surface area contributed by atoms with Gasteiger partial charge < -0.3 is 14.5 Å². The molecule has 2 aliphatic rings. The molecule has 0 bridgehead atoms. The summed E-state index contributed by atoms with van der Waals surface area (Å²) >= 11 is 1.56. The summed E-state index contributed by atoms with van der Waals surface area (Å²) in [5, 5.41) is 0.685. The molecule has 1 fully saturated rings. The number of ether oxygens (including phenoxy) is 1. The van der Waals surface area contributed by atoms with Crippen molar-refractivity contribution in [2.45, 2.75) is 71.8 Å². The van der Waals surface area contributed by atoms with Gasteiger partial charge in [0.15, 0.2) is 0 Å². The summed E-state index contributed by atoms with van der Waals surface area (Å²) in [4.78, 5) is 30.1. The number of carbonyl (C=O) groups is 1. The van der Waals surface area contributed by atoms with Gasteiger partial charge in [-0.3, -0.25) is 4.79 Å². The van der Waals surface area contributed by atoms with Gasteiger partial charge in [0.1, 0.15) is 6.10 Å². The Labute approximate surface area is 265 Å². The number of nitrogens with zero attached hydrogens (tertiary/aromatic N) is 6. The van der Waals surface area contributed by atoms with Crippen LogP contribution in [0.25, 0.3) is 15.8 Å². The van der Waals surface area contributed by atoms with Crippen molar-refractivity contribution in [3.63, 3.8) is 0 Å². The fourth-order valence-corrected chi connectivity index (χ4v) is 8.19. The van der Waals surface area contributed by atoms with Gasteiger partial charge in [0.05, 0.1) is 16.0 Å². The lowest BCUT2D eigenvalue weighted by Gasteiger charge is -2.31. The number of sulfonamides is 1.